The van der Waals surface area contributed by atoms with E-state index in [1.165, 1.54) is 79.7 Å². The summed E-state index contributed by atoms with van der Waals surface area (Å²) in [6.45, 7) is 4.20. The highest BCUT2D eigenvalue weighted by atomic mass is 32.2. The number of carboxylic acid groups (broad SMARTS) is 1. The molecule has 1 fully saturated rings. The number of nitrogens with one attached hydrogen (secondary N) is 1. The standard InChI is InChI=1S/C31H32F2N2O9S/c1-19(2)29(38)42-20(3)43-30(39)34-27(28(36)37)16-21-5-4-6-26(15-21)45(40,41)35-17-31(18-35,22-7-9-23(32)10-8-22)44-25-13-11-24(33)12-14-25/h4-15,19-20,27H,16-18H2,1-3H3,(H,34,39)(H,36,37). The van der Waals surface area contributed by atoms with Gasteiger partial charge in [-0.2, -0.15) is 4.31 Å². The van der Waals surface area contributed by atoms with Crippen LogP contribution in [0.5, 0.6) is 5.75 Å². The molecule has 0 spiro atoms. The molecule has 1 amide bonds. The van der Waals surface area contributed by atoms with Gasteiger partial charge in [-0.05, 0) is 59.7 Å². The third-order valence-electron chi connectivity index (χ3n) is 6.95. The van der Waals surface area contributed by atoms with Gasteiger partial charge in [0.1, 0.15) is 23.4 Å². The fourth-order valence-electron chi connectivity index (χ4n) is 4.55. The summed E-state index contributed by atoms with van der Waals surface area (Å²) in [7, 11) is -4.11. The quantitative estimate of drug-likeness (QED) is 0.218. The number of rotatable bonds is 12. The van der Waals surface area contributed by atoms with Gasteiger partial charge in [0.05, 0.1) is 23.9 Å². The molecule has 1 saturated heterocycles. The molecule has 0 aliphatic carbocycles. The lowest BCUT2D eigenvalue weighted by molar-refractivity contribution is -0.169. The van der Waals surface area contributed by atoms with E-state index < -0.39 is 63.5 Å². The number of aliphatic carboxylic acids is 1. The molecule has 2 atom stereocenters. The molecular weight excluding hydrogens is 614 g/mol. The van der Waals surface area contributed by atoms with E-state index in [1.54, 1.807) is 13.8 Å². The van der Waals surface area contributed by atoms with Crippen molar-refractivity contribution in [3.63, 3.8) is 0 Å². The van der Waals surface area contributed by atoms with E-state index in [2.05, 4.69) is 5.32 Å². The second-order valence-electron chi connectivity index (χ2n) is 10.8. The van der Waals surface area contributed by atoms with Gasteiger partial charge in [-0.25, -0.2) is 26.8 Å². The number of halogens is 2. The Morgan fingerprint density at radius 1 is 0.933 bits per heavy atom. The molecule has 3 aromatic rings. The molecule has 1 heterocycles. The summed E-state index contributed by atoms with van der Waals surface area (Å²) in [6.07, 6.45) is -2.70. The predicted molar refractivity (Wildman–Crippen MR) is 155 cm³/mol. The number of carbonyl (C=O) groups excluding carboxylic acids is 2. The normalized spacial score (nSPS) is 15.8. The van der Waals surface area contributed by atoms with Gasteiger partial charge < -0.3 is 24.6 Å². The third kappa shape index (κ3) is 8.13. The van der Waals surface area contributed by atoms with E-state index >= 15 is 0 Å². The molecule has 1 aliphatic heterocycles. The summed E-state index contributed by atoms with van der Waals surface area (Å²) >= 11 is 0. The van der Waals surface area contributed by atoms with Gasteiger partial charge in [0.25, 0.3) is 0 Å². The average Bonchev–Trinajstić information content (AvgIpc) is 2.95. The molecule has 3 aromatic carbocycles. The molecule has 240 valence electrons. The van der Waals surface area contributed by atoms with Crippen LogP contribution in [-0.2, 0) is 41.1 Å². The minimum Gasteiger partial charge on any atom is -0.480 e. The molecule has 14 heteroatoms. The number of carboxylic acids is 1. The lowest BCUT2D eigenvalue weighted by Gasteiger charge is -2.48. The van der Waals surface area contributed by atoms with Crippen LogP contribution in [0, 0.1) is 17.6 Å². The number of sulfonamides is 1. The van der Waals surface area contributed by atoms with E-state index in [0.29, 0.717) is 5.56 Å². The summed E-state index contributed by atoms with van der Waals surface area (Å²) in [5, 5.41) is 11.9. The molecule has 0 aromatic heterocycles. The van der Waals surface area contributed by atoms with E-state index in [0.717, 1.165) is 4.31 Å². The summed E-state index contributed by atoms with van der Waals surface area (Å²) in [6, 6.07) is 14.7. The number of ether oxygens (including phenoxy) is 3. The Hall–Kier alpha value is -4.56. The van der Waals surface area contributed by atoms with Crippen molar-refractivity contribution in [3.05, 3.63) is 95.6 Å². The van der Waals surface area contributed by atoms with Crippen LogP contribution in [0.3, 0.4) is 0 Å². The minimum absolute atomic E-state index is 0.129. The Morgan fingerprint density at radius 2 is 1.53 bits per heavy atom. The number of esters is 1. The number of hydrogen-bond donors (Lipinski definition) is 2. The zero-order valence-electron chi connectivity index (χ0n) is 24.6. The smallest absolute Gasteiger partial charge is 0.410 e. The molecular formula is C31H32F2N2O9S. The van der Waals surface area contributed by atoms with Crippen molar-refractivity contribution in [3.8, 4) is 5.75 Å². The van der Waals surface area contributed by atoms with Gasteiger partial charge in [0.15, 0.2) is 5.60 Å². The van der Waals surface area contributed by atoms with Gasteiger partial charge in [-0.15, -0.1) is 0 Å². The Kier molecular flexibility index (Phi) is 10.1. The zero-order chi connectivity index (χ0) is 32.9. The summed E-state index contributed by atoms with van der Waals surface area (Å²) in [5.74, 6) is -3.15. The van der Waals surface area contributed by atoms with Crippen LogP contribution in [0.4, 0.5) is 13.6 Å². The number of carbonyl (C=O) groups is 3. The second-order valence-corrected chi connectivity index (χ2v) is 12.7. The molecule has 2 unspecified atom stereocenters. The Morgan fingerprint density at radius 3 is 2.11 bits per heavy atom. The van der Waals surface area contributed by atoms with Crippen molar-refractivity contribution in [2.75, 3.05) is 13.1 Å². The molecule has 4 rings (SSSR count). The highest BCUT2D eigenvalue weighted by Crippen LogP contribution is 2.40. The Labute approximate surface area is 258 Å². The van der Waals surface area contributed by atoms with E-state index in [1.807, 2.05) is 0 Å². The van der Waals surface area contributed by atoms with Crippen LogP contribution in [-0.4, -0.2) is 61.3 Å². The van der Waals surface area contributed by atoms with Crippen LogP contribution >= 0.6 is 0 Å². The maximum Gasteiger partial charge on any atom is 0.410 e. The van der Waals surface area contributed by atoms with Crippen LogP contribution in [0.15, 0.2) is 77.7 Å². The van der Waals surface area contributed by atoms with Crippen LogP contribution in [0.2, 0.25) is 0 Å². The Balaban J connectivity index is 1.47. The monoisotopic (exact) mass is 646 g/mol. The lowest BCUT2D eigenvalue weighted by Crippen LogP contribution is -2.64. The fourth-order valence-corrected chi connectivity index (χ4v) is 6.16. The second kappa shape index (κ2) is 13.6. The van der Waals surface area contributed by atoms with Crippen molar-refractivity contribution in [1.29, 1.82) is 0 Å². The van der Waals surface area contributed by atoms with E-state index in [4.69, 9.17) is 14.2 Å². The molecule has 0 radical (unpaired) electrons. The number of hydrogen-bond acceptors (Lipinski definition) is 8. The molecule has 2 N–H and O–H groups in total. The van der Waals surface area contributed by atoms with Crippen molar-refractivity contribution in [1.82, 2.24) is 9.62 Å². The van der Waals surface area contributed by atoms with Gasteiger partial charge in [-0.1, -0.05) is 38.1 Å². The zero-order valence-corrected chi connectivity index (χ0v) is 25.4. The van der Waals surface area contributed by atoms with E-state index in [-0.39, 0.29) is 35.7 Å². The summed E-state index contributed by atoms with van der Waals surface area (Å²) in [5.41, 5.74) is -0.380. The molecule has 11 nitrogen and oxygen atoms in total. The van der Waals surface area contributed by atoms with Gasteiger partial charge in [0.2, 0.25) is 16.3 Å². The SMILES string of the molecule is CC(OC(=O)NC(Cc1cccc(S(=O)(=O)N2CC(Oc3ccc(F)cc3)(c3ccc(F)cc3)C2)c1)C(=O)O)OC(=O)C(C)C. The first-order chi connectivity index (χ1) is 21.2. The number of alkyl carbamates (subject to hydrolysis) is 1. The number of amides is 1. The molecule has 45 heavy (non-hydrogen) atoms. The van der Waals surface area contributed by atoms with Crippen molar-refractivity contribution in [2.45, 2.75) is 50.0 Å². The topological polar surface area (TPSA) is 149 Å². The predicted octanol–water partition coefficient (Wildman–Crippen LogP) is 4.21. The highest BCUT2D eigenvalue weighted by Gasteiger charge is 2.52. The van der Waals surface area contributed by atoms with Crippen molar-refractivity contribution >= 4 is 28.1 Å². The highest BCUT2D eigenvalue weighted by molar-refractivity contribution is 7.89. The third-order valence-corrected chi connectivity index (χ3v) is 8.74. The maximum atomic E-state index is 13.7. The minimum atomic E-state index is -4.11. The van der Waals surface area contributed by atoms with Crippen LogP contribution in [0.1, 0.15) is 31.9 Å². The molecule has 1 aliphatic rings. The summed E-state index contributed by atoms with van der Waals surface area (Å²) in [4.78, 5) is 35.7. The first kappa shape index (κ1) is 33.3. The van der Waals surface area contributed by atoms with Crippen molar-refractivity contribution in [2.24, 2.45) is 5.92 Å². The fraction of sp³-hybridized carbons (Fsp3) is 0.323. The molecule has 0 saturated carbocycles. The first-order valence-corrected chi connectivity index (χ1v) is 15.3. The average molecular weight is 647 g/mol. The molecule has 0 bridgehead atoms. The Bertz CT molecular complexity index is 1640. The van der Waals surface area contributed by atoms with Crippen LogP contribution in [0.25, 0.3) is 0 Å². The first-order valence-electron chi connectivity index (χ1n) is 13.9. The van der Waals surface area contributed by atoms with Gasteiger partial charge in [0, 0.05) is 13.3 Å². The largest absolute Gasteiger partial charge is 0.480 e. The lowest BCUT2D eigenvalue weighted by atomic mass is 9.87. The van der Waals surface area contributed by atoms with Crippen molar-refractivity contribution < 1.29 is 50.9 Å². The van der Waals surface area contributed by atoms with E-state index in [9.17, 15) is 36.7 Å². The number of benzene rings is 3. The summed E-state index contributed by atoms with van der Waals surface area (Å²) < 4.78 is 71.5. The van der Waals surface area contributed by atoms with Gasteiger partial charge >= 0.3 is 18.0 Å². The number of nitrogens with zero attached hydrogens (tertiary/aromatic N) is 1. The maximum absolute atomic E-state index is 13.7. The van der Waals surface area contributed by atoms with Gasteiger partial charge in [-0.3, -0.25) is 4.79 Å². The van der Waals surface area contributed by atoms with Crippen LogP contribution < -0.4 is 10.1 Å².